The van der Waals surface area contributed by atoms with Crippen molar-refractivity contribution in [1.82, 2.24) is 0 Å². The Kier molecular flexibility index (Phi) is 5.52. The third kappa shape index (κ3) is 4.72. The van der Waals surface area contributed by atoms with Crippen molar-refractivity contribution in [1.29, 1.82) is 0 Å². The number of hydrogen-bond acceptors (Lipinski definition) is 3. The molecule has 0 unspecified atom stereocenters. The average molecular weight is 284 g/mol. The van der Waals surface area contributed by atoms with Gasteiger partial charge in [-0.3, -0.25) is 4.79 Å². The van der Waals surface area contributed by atoms with Crippen LogP contribution in [-0.2, 0) is 4.79 Å². The van der Waals surface area contributed by atoms with Gasteiger partial charge < -0.3 is 5.11 Å². The lowest BCUT2D eigenvalue weighted by molar-refractivity contribution is -0.109. The predicted molar refractivity (Wildman–Crippen MR) is 68.0 cm³/mol. The molecule has 1 rings (SSSR count). The lowest BCUT2D eigenvalue weighted by Crippen LogP contribution is -2.05. The summed E-state index contributed by atoms with van der Waals surface area (Å²) in [7, 11) is 0. The summed E-state index contributed by atoms with van der Waals surface area (Å²) in [6.45, 7) is 1.44. The first-order valence-electron chi connectivity index (χ1n) is 5.26. The van der Waals surface area contributed by atoms with E-state index in [4.69, 9.17) is 5.11 Å². The Morgan fingerprint density at radius 3 is 2.37 bits per heavy atom. The molecule has 1 N–H and O–H groups in total. The third-order valence-corrected chi connectivity index (χ3v) is 2.84. The lowest BCUT2D eigenvalue weighted by atomic mass is 10.1. The fourth-order valence-electron chi connectivity index (χ4n) is 1.26. The molecular formula is C13H10F2O3S. The molecule has 0 bridgehead atoms. The number of benzene rings is 1. The van der Waals surface area contributed by atoms with Crippen LogP contribution in [0.25, 0.3) is 0 Å². The highest BCUT2D eigenvalue weighted by Gasteiger charge is 2.17. The Labute approximate surface area is 113 Å². The number of rotatable bonds is 3. The van der Waals surface area contributed by atoms with Crippen LogP contribution in [0, 0.1) is 23.5 Å². The van der Waals surface area contributed by atoms with Crippen molar-refractivity contribution in [2.75, 3.05) is 5.75 Å². The standard InChI is InChI=1S/C13H10F2O3S/c1-8(16)19-5-3-2-4-9-6-10(14)12(13(17)18)11(15)7-9/h6-7H,3,5H2,1H3,(H,17,18). The molecule has 0 spiro atoms. The molecule has 0 atom stereocenters. The van der Waals surface area contributed by atoms with Crippen LogP contribution in [0.3, 0.4) is 0 Å². The minimum absolute atomic E-state index is 0.0234. The summed E-state index contributed by atoms with van der Waals surface area (Å²) in [6.07, 6.45) is 0.397. The molecule has 1 aromatic carbocycles. The Hall–Kier alpha value is -1.87. The summed E-state index contributed by atoms with van der Waals surface area (Å²) in [5.41, 5.74) is -0.925. The first kappa shape index (κ1) is 15.2. The van der Waals surface area contributed by atoms with Crippen LogP contribution in [-0.4, -0.2) is 21.9 Å². The highest BCUT2D eigenvalue weighted by atomic mass is 32.2. The summed E-state index contributed by atoms with van der Waals surface area (Å²) >= 11 is 1.11. The average Bonchev–Trinajstić information content (AvgIpc) is 2.26. The fourth-order valence-corrected chi connectivity index (χ4v) is 1.75. The van der Waals surface area contributed by atoms with E-state index in [0.29, 0.717) is 12.2 Å². The number of thioether (sulfide) groups is 1. The van der Waals surface area contributed by atoms with E-state index in [1.807, 2.05) is 0 Å². The van der Waals surface area contributed by atoms with Gasteiger partial charge in [-0.05, 0) is 12.1 Å². The summed E-state index contributed by atoms with van der Waals surface area (Å²) in [5.74, 6) is 1.70. The zero-order chi connectivity index (χ0) is 14.4. The summed E-state index contributed by atoms with van der Waals surface area (Å²) < 4.78 is 26.6. The van der Waals surface area contributed by atoms with Gasteiger partial charge in [0.2, 0.25) is 0 Å². The third-order valence-electron chi connectivity index (χ3n) is 2.02. The number of halogens is 2. The molecule has 0 aromatic heterocycles. The van der Waals surface area contributed by atoms with E-state index in [1.165, 1.54) is 6.92 Å². The molecule has 0 heterocycles. The maximum Gasteiger partial charge on any atom is 0.341 e. The van der Waals surface area contributed by atoms with Crippen LogP contribution in [0.4, 0.5) is 8.78 Å². The van der Waals surface area contributed by atoms with E-state index in [1.54, 1.807) is 0 Å². The van der Waals surface area contributed by atoms with Gasteiger partial charge in [0.1, 0.15) is 17.2 Å². The van der Waals surface area contributed by atoms with Gasteiger partial charge in [-0.25, -0.2) is 13.6 Å². The lowest BCUT2D eigenvalue weighted by Gasteiger charge is -2.00. The summed E-state index contributed by atoms with van der Waals surface area (Å²) in [4.78, 5) is 21.2. The molecular weight excluding hydrogens is 274 g/mol. The van der Waals surface area contributed by atoms with Crippen LogP contribution in [0.15, 0.2) is 12.1 Å². The highest BCUT2D eigenvalue weighted by Crippen LogP contribution is 2.15. The molecule has 100 valence electrons. The van der Waals surface area contributed by atoms with E-state index < -0.39 is 23.2 Å². The Morgan fingerprint density at radius 2 is 1.89 bits per heavy atom. The molecule has 0 saturated heterocycles. The Balaban J connectivity index is 2.79. The van der Waals surface area contributed by atoms with E-state index in [0.717, 1.165) is 23.9 Å². The largest absolute Gasteiger partial charge is 0.477 e. The predicted octanol–water partition coefficient (Wildman–Crippen LogP) is 2.68. The molecule has 0 aliphatic rings. The van der Waals surface area contributed by atoms with Gasteiger partial charge >= 0.3 is 5.97 Å². The van der Waals surface area contributed by atoms with Gasteiger partial charge in [0.15, 0.2) is 5.12 Å². The van der Waals surface area contributed by atoms with Crippen LogP contribution in [0.5, 0.6) is 0 Å². The summed E-state index contributed by atoms with van der Waals surface area (Å²) in [6, 6.07) is 1.75. The molecule has 0 aliphatic carbocycles. The van der Waals surface area contributed by atoms with E-state index in [2.05, 4.69) is 11.8 Å². The molecule has 0 fully saturated rings. The maximum absolute atomic E-state index is 13.3. The number of carboxylic acids is 1. The van der Waals surface area contributed by atoms with Crippen molar-refractivity contribution in [3.05, 3.63) is 34.9 Å². The van der Waals surface area contributed by atoms with Gasteiger partial charge in [-0.1, -0.05) is 23.6 Å². The minimum Gasteiger partial charge on any atom is -0.477 e. The van der Waals surface area contributed by atoms with Crippen molar-refractivity contribution in [3.8, 4) is 11.8 Å². The quantitative estimate of drug-likeness (QED) is 0.685. The molecule has 19 heavy (non-hydrogen) atoms. The van der Waals surface area contributed by atoms with Crippen molar-refractivity contribution in [3.63, 3.8) is 0 Å². The van der Waals surface area contributed by atoms with Gasteiger partial charge in [0, 0.05) is 24.7 Å². The van der Waals surface area contributed by atoms with Crippen molar-refractivity contribution < 1.29 is 23.5 Å². The zero-order valence-corrected chi connectivity index (χ0v) is 10.8. The second-order valence-electron chi connectivity index (χ2n) is 3.51. The maximum atomic E-state index is 13.3. The molecule has 0 saturated carbocycles. The fraction of sp³-hybridized carbons (Fsp3) is 0.231. The van der Waals surface area contributed by atoms with E-state index in [-0.39, 0.29) is 10.7 Å². The molecule has 0 aliphatic heterocycles. The summed E-state index contributed by atoms with van der Waals surface area (Å²) in [5, 5.41) is 8.56. The molecule has 0 radical (unpaired) electrons. The molecule has 1 aromatic rings. The van der Waals surface area contributed by atoms with Gasteiger partial charge in [0.05, 0.1) is 0 Å². The zero-order valence-electron chi connectivity index (χ0n) is 10.00. The smallest absolute Gasteiger partial charge is 0.341 e. The van der Waals surface area contributed by atoms with Gasteiger partial charge in [-0.2, -0.15) is 0 Å². The second-order valence-corrected chi connectivity index (χ2v) is 4.78. The van der Waals surface area contributed by atoms with Crippen molar-refractivity contribution >= 4 is 22.8 Å². The number of carbonyl (C=O) groups excluding carboxylic acids is 1. The van der Waals surface area contributed by atoms with Crippen molar-refractivity contribution in [2.45, 2.75) is 13.3 Å². The molecule has 3 nitrogen and oxygen atoms in total. The van der Waals surface area contributed by atoms with Crippen LogP contribution < -0.4 is 0 Å². The number of carboxylic acid groups (broad SMARTS) is 1. The Morgan fingerprint density at radius 1 is 1.32 bits per heavy atom. The van der Waals surface area contributed by atoms with Crippen LogP contribution >= 0.6 is 11.8 Å². The van der Waals surface area contributed by atoms with E-state index in [9.17, 15) is 18.4 Å². The SMILES string of the molecule is CC(=O)SCCC#Cc1cc(F)c(C(=O)O)c(F)c1. The van der Waals surface area contributed by atoms with Gasteiger partial charge in [-0.15, -0.1) is 0 Å². The number of carbonyl (C=O) groups is 2. The monoisotopic (exact) mass is 284 g/mol. The first-order valence-corrected chi connectivity index (χ1v) is 6.25. The molecule has 0 amide bonds. The van der Waals surface area contributed by atoms with Crippen molar-refractivity contribution in [2.24, 2.45) is 0 Å². The topological polar surface area (TPSA) is 54.4 Å². The van der Waals surface area contributed by atoms with E-state index >= 15 is 0 Å². The minimum atomic E-state index is -1.66. The van der Waals surface area contributed by atoms with Crippen LogP contribution in [0.2, 0.25) is 0 Å². The highest BCUT2D eigenvalue weighted by molar-refractivity contribution is 8.13. The number of aromatic carboxylic acids is 1. The Bertz CT molecular complexity index is 550. The molecule has 6 heteroatoms. The first-order chi connectivity index (χ1) is 8.91. The second kappa shape index (κ2) is 6.90. The van der Waals surface area contributed by atoms with Crippen LogP contribution in [0.1, 0.15) is 29.3 Å². The van der Waals surface area contributed by atoms with Gasteiger partial charge in [0.25, 0.3) is 0 Å². The number of hydrogen-bond donors (Lipinski definition) is 1. The normalized spacial score (nSPS) is 9.63.